The van der Waals surface area contributed by atoms with Crippen molar-refractivity contribution in [3.8, 4) is 0 Å². The number of esters is 2. The second-order valence-corrected chi connectivity index (χ2v) is 5.79. The zero-order chi connectivity index (χ0) is 17.7. The maximum absolute atomic E-state index is 12.1. The number of carbonyl (C=O) groups excluding carboxylic acids is 3. The van der Waals surface area contributed by atoms with Gasteiger partial charge in [-0.3, -0.25) is 4.79 Å². The lowest BCUT2D eigenvalue weighted by molar-refractivity contribution is -0.125. The van der Waals surface area contributed by atoms with Crippen LogP contribution in [-0.2, 0) is 14.3 Å². The normalized spacial score (nSPS) is 12.0. The van der Waals surface area contributed by atoms with Gasteiger partial charge in [-0.15, -0.1) is 0 Å². The number of aromatic amines is 1. The van der Waals surface area contributed by atoms with Gasteiger partial charge in [0.25, 0.3) is 5.91 Å². The van der Waals surface area contributed by atoms with Gasteiger partial charge in [-0.05, 0) is 32.3 Å². The molecule has 2 N–H and O–H groups in total. The molecule has 1 amide bonds. The molecule has 1 heterocycles. The average Bonchev–Trinajstić information content (AvgIpc) is 2.78. The monoisotopic (exact) mass is 324 g/mol. The summed E-state index contributed by atoms with van der Waals surface area (Å²) in [6.45, 7) is 8.75. The average molecular weight is 324 g/mol. The minimum Gasteiger partial charge on any atom is -0.465 e. The number of aromatic nitrogens is 1. The molecule has 1 rings (SSSR count). The van der Waals surface area contributed by atoms with Crippen LogP contribution in [0.25, 0.3) is 0 Å². The summed E-state index contributed by atoms with van der Waals surface area (Å²) >= 11 is 0. The third kappa shape index (κ3) is 4.58. The molecule has 0 bridgehead atoms. The molecule has 1 aromatic heterocycles. The third-order valence-corrected chi connectivity index (χ3v) is 3.75. The highest BCUT2D eigenvalue weighted by Crippen LogP contribution is 2.19. The number of nitrogens with one attached hydrogen (secondary N) is 2. The van der Waals surface area contributed by atoms with E-state index in [-0.39, 0.29) is 30.2 Å². The van der Waals surface area contributed by atoms with Crippen molar-refractivity contribution >= 4 is 17.8 Å². The molecule has 0 aliphatic rings. The molecular formula is C16H24N2O5. The summed E-state index contributed by atoms with van der Waals surface area (Å²) < 4.78 is 9.68. The Morgan fingerprint density at radius 1 is 1.13 bits per heavy atom. The highest BCUT2D eigenvalue weighted by molar-refractivity contribution is 5.99. The molecule has 1 atom stereocenters. The van der Waals surface area contributed by atoms with Crippen LogP contribution in [0.1, 0.15) is 52.9 Å². The number of carbonyl (C=O) groups is 3. The number of rotatable bonds is 6. The van der Waals surface area contributed by atoms with Gasteiger partial charge in [-0.2, -0.15) is 0 Å². The number of amides is 1. The second kappa shape index (κ2) is 7.80. The lowest BCUT2D eigenvalue weighted by atomic mass is 10.1. The molecule has 0 aromatic carbocycles. The molecule has 128 valence electrons. The first-order valence-corrected chi connectivity index (χ1v) is 7.43. The summed E-state index contributed by atoms with van der Waals surface area (Å²) in [5.74, 6) is -1.30. The minimum absolute atomic E-state index is 0.0124. The maximum atomic E-state index is 12.1. The van der Waals surface area contributed by atoms with E-state index in [1.54, 1.807) is 13.8 Å². The van der Waals surface area contributed by atoms with Crippen LogP contribution in [0.15, 0.2) is 0 Å². The van der Waals surface area contributed by atoms with Crippen LogP contribution in [0, 0.1) is 19.8 Å². The molecule has 23 heavy (non-hydrogen) atoms. The predicted octanol–water partition coefficient (Wildman–Crippen LogP) is 1.74. The molecule has 0 unspecified atom stereocenters. The first-order valence-electron chi connectivity index (χ1n) is 7.43. The van der Waals surface area contributed by atoms with Crippen LogP contribution in [0.4, 0.5) is 0 Å². The molecule has 0 aliphatic heterocycles. The first-order chi connectivity index (χ1) is 10.7. The fraction of sp³-hybridized carbons (Fsp3) is 0.562. The van der Waals surface area contributed by atoms with Crippen LogP contribution in [0.2, 0.25) is 0 Å². The van der Waals surface area contributed by atoms with E-state index in [1.807, 2.05) is 20.8 Å². The van der Waals surface area contributed by atoms with E-state index in [9.17, 15) is 14.4 Å². The molecule has 1 aromatic rings. The largest absolute Gasteiger partial charge is 0.465 e. The van der Waals surface area contributed by atoms with Crippen molar-refractivity contribution in [2.45, 2.75) is 40.7 Å². The molecule has 0 radical (unpaired) electrons. The van der Waals surface area contributed by atoms with E-state index in [0.717, 1.165) is 0 Å². The molecule has 0 saturated heterocycles. The van der Waals surface area contributed by atoms with E-state index < -0.39 is 11.9 Å². The summed E-state index contributed by atoms with van der Waals surface area (Å²) in [5.41, 5.74) is 1.40. The van der Waals surface area contributed by atoms with Gasteiger partial charge in [-0.1, -0.05) is 13.8 Å². The van der Waals surface area contributed by atoms with Crippen molar-refractivity contribution in [2.24, 2.45) is 5.92 Å². The predicted molar refractivity (Wildman–Crippen MR) is 84.3 cm³/mol. The van der Waals surface area contributed by atoms with Gasteiger partial charge in [0.1, 0.15) is 5.69 Å². The van der Waals surface area contributed by atoms with E-state index >= 15 is 0 Å². The topological polar surface area (TPSA) is 97.5 Å². The van der Waals surface area contributed by atoms with Gasteiger partial charge in [-0.25, -0.2) is 9.59 Å². The van der Waals surface area contributed by atoms with Gasteiger partial charge in [0, 0.05) is 11.7 Å². The lowest BCUT2D eigenvalue weighted by Gasteiger charge is -2.17. The van der Waals surface area contributed by atoms with Gasteiger partial charge < -0.3 is 19.8 Å². The molecule has 7 nitrogen and oxygen atoms in total. The van der Waals surface area contributed by atoms with Gasteiger partial charge in [0.05, 0.1) is 12.7 Å². The minimum atomic E-state index is -0.687. The third-order valence-electron chi connectivity index (χ3n) is 3.75. The van der Waals surface area contributed by atoms with Crippen LogP contribution < -0.4 is 5.32 Å². The van der Waals surface area contributed by atoms with Gasteiger partial charge in [0.15, 0.2) is 6.61 Å². The molecular weight excluding hydrogens is 300 g/mol. The number of aryl methyl sites for hydroxylation is 1. The Morgan fingerprint density at radius 3 is 2.26 bits per heavy atom. The number of hydrogen-bond acceptors (Lipinski definition) is 5. The highest BCUT2D eigenvalue weighted by Gasteiger charge is 2.24. The van der Waals surface area contributed by atoms with Gasteiger partial charge >= 0.3 is 11.9 Å². The fourth-order valence-corrected chi connectivity index (χ4v) is 2.03. The standard InChI is InChI=1S/C16H24N2O5/c1-8(2)10(4)17-12(19)7-23-16(21)14-9(3)13(11(5)18-14)15(20)22-6/h8,10,18H,7H2,1-6H3,(H,17,19)/t10-/m1/s1. The zero-order valence-electron chi connectivity index (χ0n) is 14.4. The summed E-state index contributed by atoms with van der Waals surface area (Å²) in [7, 11) is 1.27. The van der Waals surface area contributed by atoms with Crippen molar-refractivity contribution in [1.82, 2.24) is 10.3 Å². The van der Waals surface area contributed by atoms with Gasteiger partial charge in [0.2, 0.25) is 0 Å². The van der Waals surface area contributed by atoms with Crippen molar-refractivity contribution in [3.05, 3.63) is 22.5 Å². The maximum Gasteiger partial charge on any atom is 0.355 e. The molecule has 0 spiro atoms. The first kappa shape index (κ1) is 18.7. The molecule has 0 saturated carbocycles. The molecule has 7 heteroatoms. The number of ether oxygens (including phenoxy) is 2. The van der Waals surface area contributed by atoms with E-state index in [2.05, 4.69) is 15.0 Å². The zero-order valence-corrected chi connectivity index (χ0v) is 14.4. The van der Waals surface area contributed by atoms with Crippen molar-refractivity contribution < 1.29 is 23.9 Å². The molecule has 0 aliphatic carbocycles. The van der Waals surface area contributed by atoms with E-state index in [0.29, 0.717) is 16.8 Å². The Labute approximate surface area is 135 Å². The Bertz CT molecular complexity index is 604. The van der Waals surface area contributed by atoms with Crippen LogP contribution in [-0.4, -0.2) is 42.6 Å². The fourth-order valence-electron chi connectivity index (χ4n) is 2.03. The summed E-state index contributed by atoms with van der Waals surface area (Å²) in [6.07, 6.45) is 0. The van der Waals surface area contributed by atoms with Crippen molar-refractivity contribution in [3.63, 3.8) is 0 Å². The SMILES string of the molecule is COC(=O)c1c(C)[nH]c(C(=O)OCC(=O)N[C@H](C)C(C)C)c1C. The number of methoxy groups -OCH3 is 1. The summed E-state index contributed by atoms with van der Waals surface area (Å²) in [5, 5.41) is 2.74. The Hall–Kier alpha value is -2.31. The molecule has 0 fully saturated rings. The summed E-state index contributed by atoms with van der Waals surface area (Å²) in [4.78, 5) is 38.3. The quantitative estimate of drug-likeness (QED) is 0.777. The highest BCUT2D eigenvalue weighted by atomic mass is 16.5. The lowest BCUT2D eigenvalue weighted by Crippen LogP contribution is -2.38. The number of hydrogen-bond donors (Lipinski definition) is 2. The summed E-state index contributed by atoms with van der Waals surface area (Å²) in [6, 6.07) is -0.0124. The van der Waals surface area contributed by atoms with Crippen LogP contribution in [0.5, 0.6) is 0 Å². The van der Waals surface area contributed by atoms with E-state index in [1.165, 1.54) is 7.11 Å². The van der Waals surface area contributed by atoms with E-state index in [4.69, 9.17) is 4.74 Å². The Kier molecular flexibility index (Phi) is 6.36. The van der Waals surface area contributed by atoms with Crippen LogP contribution >= 0.6 is 0 Å². The second-order valence-electron chi connectivity index (χ2n) is 5.79. The Balaban J connectivity index is 2.73. The van der Waals surface area contributed by atoms with Crippen molar-refractivity contribution in [2.75, 3.05) is 13.7 Å². The smallest absolute Gasteiger partial charge is 0.355 e. The van der Waals surface area contributed by atoms with Crippen molar-refractivity contribution in [1.29, 1.82) is 0 Å². The number of H-pyrrole nitrogens is 1. The van der Waals surface area contributed by atoms with Crippen LogP contribution in [0.3, 0.4) is 0 Å². The Morgan fingerprint density at radius 2 is 1.74 bits per heavy atom.